The quantitative estimate of drug-likeness (QED) is 0.266. The van der Waals surface area contributed by atoms with Crippen LogP contribution in [0, 0.1) is 0 Å². The van der Waals surface area contributed by atoms with Crippen molar-refractivity contribution in [2.75, 3.05) is 12.3 Å². The molecule has 1 heterocycles. The molecule has 0 fully saturated rings. The maximum Gasteiger partial charge on any atom is 0.332 e. The minimum Gasteiger partial charge on any atom is -0.356 e. The fourth-order valence-electron chi connectivity index (χ4n) is 2.07. The van der Waals surface area contributed by atoms with E-state index in [4.69, 9.17) is 4.84 Å². The van der Waals surface area contributed by atoms with Crippen molar-refractivity contribution in [3.05, 3.63) is 24.4 Å². The zero-order valence-electron chi connectivity index (χ0n) is 16.3. The van der Waals surface area contributed by atoms with Crippen molar-refractivity contribution in [3.8, 4) is 0 Å². The number of pyridine rings is 1. The summed E-state index contributed by atoms with van der Waals surface area (Å²) in [7, 11) is 3.17. The van der Waals surface area contributed by atoms with Crippen LogP contribution in [0.4, 0.5) is 0 Å². The summed E-state index contributed by atoms with van der Waals surface area (Å²) in [6.45, 7) is 2.59. The largest absolute Gasteiger partial charge is 0.356 e. The van der Waals surface area contributed by atoms with E-state index < -0.39 is 5.97 Å². The lowest BCUT2D eigenvalue weighted by atomic mass is 10.2. The molecule has 2 N–H and O–H groups in total. The highest BCUT2D eigenvalue weighted by Crippen LogP contribution is 2.29. The predicted octanol–water partition coefficient (Wildman–Crippen LogP) is 3.65. The van der Waals surface area contributed by atoms with Gasteiger partial charge in [0, 0.05) is 37.8 Å². The van der Waals surface area contributed by atoms with Gasteiger partial charge in [0.2, 0.25) is 5.91 Å². The second-order valence-corrected chi connectivity index (χ2v) is 8.52. The van der Waals surface area contributed by atoms with Crippen LogP contribution in [0.15, 0.2) is 29.4 Å². The van der Waals surface area contributed by atoms with Gasteiger partial charge in [-0.2, -0.15) is 5.48 Å². The van der Waals surface area contributed by atoms with Gasteiger partial charge in [-0.05, 0) is 42.2 Å². The molecule has 2 amide bonds. The van der Waals surface area contributed by atoms with Crippen LogP contribution in [0.5, 0.6) is 0 Å². The van der Waals surface area contributed by atoms with Gasteiger partial charge in [-0.15, -0.1) is 0 Å². The summed E-state index contributed by atoms with van der Waals surface area (Å²) in [6, 6.07) is 5.75. The zero-order valence-corrected chi connectivity index (χ0v) is 17.9. The number of nitrogens with zero attached hydrogens (tertiary/aromatic N) is 1. The molecule has 0 saturated carbocycles. The van der Waals surface area contributed by atoms with Crippen LogP contribution in [-0.4, -0.2) is 35.1 Å². The highest BCUT2D eigenvalue weighted by Gasteiger charge is 2.07. The molecular formula is C19H29N3O4S2. The molecule has 0 bridgehead atoms. The van der Waals surface area contributed by atoms with Crippen molar-refractivity contribution < 1.29 is 19.2 Å². The van der Waals surface area contributed by atoms with Crippen molar-refractivity contribution in [2.45, 2.75) is 63.3 Å². The molecule has 156 valence electrons. The molecule has 0 saturated heterocycles. The minimum absolute atomic E-state index is 0.0309. The molecule has 1 aromatic heterocycles. The van der Waals surface area contributed by atoms with Crippen molar-refractivity contribution in [1.29, 1.82) is 0 Å². The second kappa shape index (κ2) is 16.2. The molecule has 1 aromatic rings. The van der Waals surface area contributed by atoms with Gasteiger partial charge < -0.3 is 10.2 Å². The van der Waals surface area contributed by atoms with Crippen molar-refractivity contribution in [3.63, 3.8) is 0 Å². The van der Waals surface area contributed by atoms with Gasteiger partial charge in [0.25, 0.3) is 5.91 Å². The molecule has 28 heavy (non-hydrogen) atoms. The highest BCUT2D eigenvalue weighted by molar-refractivity contribution is 8.76. The molecule has 0 spiro atoms. The molecule has 7 nitrogen and oxygen atoms in total. The van der Waals surface area contributed by atoms with Crippen LogP contribution < -0.4 is 10.8 Å². The van der Waals surface area contributed by atoms with Gasteiger partial charge in [-0.25, -0.2) is 9.78 Å². The first-order chi connectivity index (χ1) is 13.6. The number of unbranched alkanes of at least 4 members (excludes halogenated alkanes) is 3. The minimum atomic E-state index is -0.434. The summed E-state index contributed by atoms with van der Waals surface area (Å²) in [5, 5.41) is 3.82. The Kier molecular flexibility index (Phi) is 14.1. The fourth-order valence-corrected chi connectivity index (χ4v) is 3.94. The van der Waals surface area contributed by atoms with Crippen LogP contribution in [0.2, 0.25) is 0 Å². The van der Waals surface area contributed by atoms with E-state index in [1.54, 1.807) is 27.8 Å². The third kappa shape index (κ3) is 13.4. The Morgan fingerprint density at radius 3 is 2.64 bits per heavy atom. The molecular weight excluding hydrogens is 398 g/mol. The van der Waals surface area contributed by atoms with Crippen molar-refractivity contribution in [1.82, 2.24) is 15.8 Å². The van der Waals surface area contributed by atoms with E-state index in [1.807, 2.05) is 25.1 Å². The topological polar surface area (TPSA) is 97.4 Å². The van der Waals surface area contributed by atoms with Crippen LogP contribution >= 0.6 is 21.6 Å². The van der Waals surface area contributed by atoms with Gasteiger partial charge in [-0.1, -0.05) is 36.6 Å². The Balaban J connectivity index is 1.91. The molecule has 1 rings (SSSR count). The lowest BCUT2D eigenvalue weighted by Gasteiger charge is -2.06. The van der Waals surface area contributed by atoms with Crippen LogP contribution in [0.25, 0.3) is 0 Å². The average molecular weight is 428 g/mol. The standard InChI is InChI=1S/C19H29N3O4S2/c1-2-3-9-17(24)22-26-19(25)11-5-4-7-13-20-16(23)12-15-27-28-18-10-6-8-14-21-18/h6,8,10,14H,2-5,7,9,11-13,15H2,1H3,(H,20,23)(H,22,24). The number of carbonyl (C=O) groups excluding carboxylic acids is 3. The Labute approximate surface area is 174 Å². The van der Waals surface area contributed by atoms with Crippen LogP contribution in [0.3, 0.4) is 0 Å². The van der Waals surface area contributed by atoms with E-state index in [1.165, 1.54) is 0 Å². The number of hydroxylamine groups is 1. The van der Waals surface area contributed by atoms with Gasteiger partial charge >= 0.3 is 5.97 Å². The van der Waals surface area contributed by atoms with E-state index in [0.29, 0.717) is 25.8 Å². The summed E-state index contributed by atoms with van der Waals surface area (Å²) < 4.78 is 0. The first kappa shape index (κ1) is 24.3. The third-order valence-electron chi connectivity index (χ3n) is 3.61. The first-order valence-corrected chi connectivity index (χ1v) is 11.9. The SMILES string of the molecule is CCCCC(=O)NOC(=O)CCCCCNC(=O)CCSSc1ccccn1. The Hall–Kier alpha value is -1.74. The second-order valence-electron chi connectivity index (χ2n) is 6.09. The smallest absolute Gasteiger partial charge is 0.332 e. The number of hydrogen-bond acceptors (Lipinski definition) is 7. The monoisotopic (exact) mass is 427 g/mol. The number of amides is 2. The Bertz CT molecular complexity index is 588. The predicted molar refractivity (Wildman–Crippen MR) is 112 cm³/mol. The van der Waals surface area contributed by atoms with Crippen LogP contribution in [-0.2, 0) is 19.2 Å². The summed E-state index contributed by atoms with van der Waals surface area (Å²) in [4.78, 5) is 43.5. The molecule has 0 radical (unpaired) electrons. The number of carbonyl (C=O) groups is 3. The molecule has 0 aliphatic heterocycles. The zero-order chi connectivity index (χ0) is 20.5. The first-order valence-electron chi connectivity index (χ1n) is 9.57. The van der Waals surface area contributed by atoms with Gasteiger partial charge in [0.05, 0.1) is 0 Å². The summed E-state index contributed by atoms with van der Waals surface area (Å²) in [5.41, 5.74) is 2.17. The van der Waals surface area contributed by atoms with Crippen molar-refractivity contribution in [2.24, 2.45) is 0 Å². The van der Waals surface area contributed by atoms with E-state index in [-0.39, 0.29) is 18.2 Å². The number of hydrogen-bond donors (Lipinski definition) is 2. The van der Waals surface area contributed by atoms with Crippen LogP contribution in [0.1, 0.15) is 58.3 Å². The lowest BCUT2D eigenvalue weighted by Crippen LogP contribution is -2.26. The van der Waals surface area contributed by atoms with Gasteiger partial charge in [0.15, 0.2) is 0 Å². The van der Waals surface area contributed by atoms with Gasteiger partial charge in [0.1, 0.15) is 5.03 Å². The fraction of sp³-hybridized carbons (Fsp3) is 0.579. The maximum absolute atomic E-state index is 11.8. The lowest BCUT2D eigenvalue weighted by molar-refractivity contribution is -0.158. The maximum atomic E-state index is 11.8. The highest BCUT2D eigenvalue weighted by atomic mass is 33.1. The summed E-state index contributed by atoms with van der Waals surface area (Å²) in [5.74, 6) is 0.0530. The van der Waals surface area contributed by atoms with E-state index >= 15 is 0 Å². The molecule has 9 heteroatoms. The van der Waals surface area contributed by atoms with E-state index in [9.17, 15) is 14.4 Å². The number of aromatic nitrogens is 1. The average Bonchev–Trinajstić information content (AvgIpc) is 2.71. The summed E-state index contributed by atoms with van der Waals surface area (Å²) >= 11 is 0. The van der Waals surface area contributed by atoms with Crippen molar-refractivity contribution >= 4 is 39.4 Å². The Morgan fingerprint density at radius 1 is 1.04 bits per heavy atom. The molecule has 0 atom stereocenters. The molecule has 0 aliphatic carbocycles. The Morgan fingerprint density at radius 2 is 1.89 bits per heavy atom. The molecule has 0 aliphatic rings. The summed E-state index contributed by atoms with van der Waals surface area (Å²) in [6.07, 6.45) is 6.80. The normalized spacial score (nSPS) is 10.3. The molecule has 0 unspecified atom stereocenters. The molecule has 0 aromatic carbocycles. The number of nitrogens with one attached hydrogen (secondary N) is 2. The van der Waals surface area contributed by atoms with E-state index in [0.717, 1.165) is 36.5 Å². The number of rotatable bonds is 14. The van der Waals surface area contributed by atoms with Gasteiger partial charge in [-0.3, -0.25) is 9.59 Å². The van der Waals surface area contributed by atoms with E-state index in [2.05, 4.69) is 15.8 Å². The third-order valence-corrected chi connectivity index (χ3v) is 5.88.